The van der Waals surface area contributed by atoms with Crippen molar-refractivity contribution >= 4 is 11.0 Å². The normalized spacial score (nSPS) is 10.8. The largest absolute Gasteiger partial charge is 0.328 e. The van der Waals surface area contributed by atoms with Crippen LogP contribution in [0.25, 0.3) is 22.3 Å². The zero-order valence-corrected chi connectivity index (χ0v) is 9.09. The average Bonchev–Trinajstić information content (AvgIpc) is 2.69. The number of hydrogen-bond donors (Lipinski definition) is 0. The van der Waals surface area contributed by atoms with E-state index in [1.54, 1.807) is 0 Å². The summed E-state index contributed by atoms with van der Waals surface area (Å²) < 4.78 is 2.13. The second-order valence-electron chi connectivity index (χ2n) is 3.87. The van der Waals surface area contributed by atoms with Crippen molar-refractivity contribution in [2.75, 3.05) is 0 Å². The third kappa shape index (κ3) is 1.31. The number of hydrogen-bond acceptors (Lipinski definition) is 1. The van der Waals surface area contributed by atoms with Gasteiger partial charge >= 0.3 is 0 Å². The highest BCUT2D eigenvalue weighted by Crippen LogP contribution is 2.25. The van der Waals surface area contributed by atoms with Gasteiger partial charge in [0.05, 0.1) is 5.69 Å². The van der Waals surface area contributed by atoms with Crippen molar-refractivity contribution in [2.45, 2.75) is 0 Å². The van der Waals surface area contributed by atoms with Crippen LogP contribution in [0.3, 0.4) is 0 Å². The van der Waals surface area contributed by atoms with Gasteiger partial charge in [0.15, 0.2) is 0 Å². The molecule has 0 N–H and O–H groups in total. The molecule has 0 saturated heterocycles. The van der Waals surface area contributed by atoms with E-state index in [1.807, 2.05) is 18.3 Å². The van der Waals surface area contributed by atoms with Gasteiger partial charge in [0.1, 0.15) is 5.65 Å². The van der Waals surface area contributed by atoms with Gasteiger partial charge in [-0.25, -0.2) is 4.98 Å². The van der Waals surface area contributed by atoms with Crippen molar-refractivity contribution in [3.63, 3.8) is 0 Å². The van der Waals surface area contributed by atoms with Crippen molar-refractivity contribution < 1.29 is 0 Å². The van der Waals surface area contributed by atoms with Gasteiger partial charge in [0.2, 0.25) is 0 Å². The monoisotopic (exact) mass is 208 g/mol. The molecule has 0 saturated carbocycles. The number of nitrogens with zero attached hydrogens (tertiary/aromatic N) is 2. The van der Waals surface area contributed by atoms with Crippen LogP contribution in [0.1, 0.15) is 0 Å². The van der Waals surface area contributed by atoms with Gasteiger partial charge in [0.25, 0.3) is 0 Å². The Hall–Kier alpha value is -2.09. The molecule has 2 aromatic heterocycles. The molecule has 0 atom stereocenters. The van der Waals surface area contributed by atoms with Crippen molar-refractivity contribution in [3.8, 4) is 11.3 Å². The zero-order valence-electron chi connectivity index (χ0n) is 9.09. The SMILES string of the molecule is Cn1c(-c2ccccc2)cc2cccnc21. The number of rotatable bonds is 1. The fourth-order valence-corrected chi connectivity index (χ4v) is 2.05. The highest BCUT2D eigenvalue weighted by Gasteiger charge is 2.07. The van der Waals surface area contributed by atoms with Crippen molar-refractivity contribution in [2.24, 2.45) is 7.05 Å². The molecule has 0 aliphatic heterocycles. The van der Waals surface area contributed by atoms with Gasteiger partial charge in [-0.1, -0.05) is 30.3 Å². The predicted molar refractivity (Wildman–Crippen MR) is 66.2 cm³/mol. The molecule has 0 aliphatic carbocycles. The molecule has 3 aromatic rings. The van der Waals surface area contributed by atoms with E-state index in [1.165, 1.54) is 16.6 Å². The van der Waals surface area contributed by atoms with Gasteiger partial charge in [-0.3, -0.25) is 0 Å². The maximum atomic E-state index is 4.39. The Morgan fingerprint density at radius 2 is 1.81 bits per heavy atom. The molecule has 0 amide bonds. The van der Waals surface area contributed by atoms with Gasteiger partial charge in [-0.05, 0) is 23.8 Å². The van der Waals surface area contributed by atoms with Crippen LogP contribution in [0.2, 0.25) is 0 Å². The van der Waals surface area contributed by atoms with Crippen LogP contribution in [0.4, 0.5) is 0 Å². The molecule has 0 spiro atoms. The molecule has 0 bridgehead atoms. The molecule has 0 unspecified atom stereocenters. The molecule has 16 heavy (non-hydrogen) atoms. The topological polar surface area (TPSA) is 17.8 Å². The molecule has 78 valence electrons. The predicted octanol–water partition coefficient (Wildman–Crippen LogP) is 3.24. The van der Waals surface area contributed by atoms with Gasteiger partial charge < -0.3 is 4.57 Å². The second kappa shape index (κ2) is 3.49. The Labute approximate surface area is 94.2 Å². The standard InChI is InChI=1S/C14H12N2/c1-16-13(11-6-3-2-4-7-11)10-12-8-5-9-15-14(12)16/h2-10H,1H3. The number of benzene rings is 1. The molecule has 2 heterocycles. The summed E-state index contributed by atoms with van der Waals surface area (Å²) >= 11 is 0. The molecule has 2 heteroatoms. The summed E-state index contributed by atoms with van der Waals surface area (Å²) in [6.07, 6.45) is 1.83. The quantitative estimate of drug-likeness (QED) is 0.600. The lowest BCUT2D eigenvalue weighted by Gasteiger charge is -2.02. The Morgan fingerprint density at radius 3 is 2.56 bits per heavy atom. The van der Waals surface area contributed by atoms with Crippen LogP contribution >= 0.6 is 0 Å². The summed E-state index contributed by atoms with van der Waals surface area (Å²) in [5, 5.41) is 1.18. The first-order chi connectivity index (χ1) is 7.86. The first kappa shape index (κ1) is 9.16. The second-order valence-corrected chi connectivity index (χ2v) is 3.87. The molecule has 0 fully saturated rings. The van der Waals surface area contributed by atoms with Crippen LogP contribution in [0, 0.1) is 0 Å². The summed E-state index contributed by atoms with van der Waals surface area (Å²) in [6.45, 7) is 0. The minimum Gasteiger partial charge on any atom is -0.328 e. The van der Waals surface area contributed by atoms with Crippen LogP contribution < -0.4 is 0 Å². The molecule has 3 rings (SSSR count). The van der Waals surface area contributed by atoms with Gasteiger partial charge in [-0.15, -0.1) is 0 Å². The number of pyridine rings is 1. The molecular weight excluding hydrogens is 196 g/mol. The van der Waals surface area contributed by atoms with Crippen LogP contribution in [0.15, 0.2) is 54.7 Å². The number of fused-ring (bicyclic) bond motifs is 1. The van der Waals surface area contributed by atoms with Crippen molar-refractivity contribution in [1.82, 2.24) is 9.55 Å². The lowest BCUT2D eigenvalue weighted by Crippen LogP contribution is -1.92. The molecular formula is C14H12N2. The number of aromatic nitrogens is 2. The molecule has 0 aliphatic rings. The van der Waals surface area contributed by atoms with E-state index in [2.05, 4.69) is 53.0 Å². The minimum atomic E-state index is 1.03. The van der Waals surface area contributed by atoms with E-state index >= 15 is 0 Å². The van der Waals surface area contributed by atoms with E-state index in [9.17, 15) is 0 Å². The Bertz CT molecular complexity index is 624. The van der Waals surface area contributed by atoms with Crippen molar-refractivity contribution in [1.29, 1.82) is 0 Å². The summed E-state index contributed by atoms with van der Waals surface area (Å²) in [5.74, 6) is 0. The third-order valence-electron chi connectivity index (χ3n) is 2.86. The minimum absolute atomic E-state index is 1.03. The van der Waals surface area contributed by atoms with E-state index in [-0.39, 0.29) is 0 Å². The average molecular weight is 208 g/mol. The summed E-state index contributed by atoms with van der Waals surface area (Å²) in [6, 6.07) is 16.6. The fraction of sp³-hybridized carbons (Fsp3) is 0.0714. The van der Waals surface area contributed by atoms with E-state index in [4.69, 9.17) is 0 Å². The first-order valence-electron chi connectivity index (χ1n) is 5.32. The lowest BCUT2D eigenvalue weighted by molar-refractivity contribution is 0.957. The van der Waals surface area contributed by atoms with Crippen LogP contribution in [-0.2, 0) is 7.05 Å². The fourth-order valence-electron chi connectivity index (χ4n) is 2.05. The maximum Gasteiger partial charge on any atom is 0.140 e. The summed E-state index contributed by atoms with van der Waals surface area (Å²) in [4.78, 5) is 4.39. The molecule has 2 nitrogen and oxygen atoms in total. The third-order valence-corrected chi connectivity index (χ3v) is 2.86. The lowest BCUT2D eigenvalue weighted by atomic mass is 10.1. The van der Waals surface area contributed by atoms with E-state index in [0.29, 0.717) is 0 Å². The van der Waals surface area contributed by atoms with E-state index in [0.717, 1.165) is 5.65 Å². The highest BCUT2D eigenvalue weighted by molar-refractivity contribution is 5.83. The van der Waals surface area contributed by atoms with Crippen LogP contribution in [-0.4, -0.2) is 9.55 Å². The molecule has 0 radical (unpaired) electrons. The highest BCUT2D eigenvalue weighted by atomic mass is 15.0. The first-order valence-corrected chi connectivity index (χ1v) is 5.32. The summed E-state index contributed by atoms with van der Waals surface area (Å²) in [7, 11) is 2.05. The Morgan fingerprint density at radius 1 is 1.00 bits per heavy atom. The maximum absolute atomic E-state index is 4.39. The van der Waals surface area contributed by atoms with Crippen molar-refractivity contribution in [3.05, 3.63) is 54.7 Å². The van der Waals surface area contributed by atoms with E-state index < -0.39 is 0 Å². The van der Waals surface area contributed by atoms with Gasteiger partial charge in [0, 0.05) is 18.6 Å². The Kier molecular flexibility index (Phi) is 2.00. The van der Waals surface area contributed by atoms with Crippen LogP contribution in [0.5, 0.6) is 0 Å². The molecule has 1 aromatic carbocycles. The summed E-state index contributed by atoms with van der Waals surface area (Å²) in [5.41, 5.74) is 3.46. The number of aryl methyl sites for hydroxylation is 1. The Balaban J connectivity index is 2.29. The smallest absolute Gasteiger partial charge is 0.140 e. The zero-order chi connectivity index (χ0) is 11.0. The van der Waals surface area contributed by atoms with Gasteiger partial charge in [-0.2, -0.15) is 0 Å².